The zero-order chi connectivity index (χ0) is 10.8. The zero-order valence-electron chi connectivity index (χ0n) is 7.28. The van der Waals surface area contributed by atoms with E-state index < -0.39 is 11.6 Å². The molecule has 3 nitrogen and oxygen atoms in total. The van der Waals surface area contributed by atoms with Gasteiger partial charge in [0.2, 0.25) is 5.28 Å². The summed E-state index contributed by atoms with van der Waals surface area (Å²) in [6, 6.07) is 3.37. The van der Waals surface area contributed by atoms with Crippen molar-refractivity contribution in [1.29, 1.82) is 0 Å². The molecule has 0 saturated carbocycles. The maximum atomic E-state index is 12.9. The first kappa shape index (κ1) is 9.92. The van der Waals surface area contributed by atoms with Gasteiger partial charge in [0.15, 0.2) is 17.5 Å². The average molecular weight is 228 g/mol. The third-order valence-corrected chi connectivity index (χ3v) is 1.90. The van der Waals surface area contributed by atoms with Crippen LogP contribution in [0.5, 0.6) is 0 Å². The van der Waals surface area contributed by atoms with Crippen molar-refractivity contribution < 1.29 is 8.78 Å². The van der Waals surface area contributed by atoms with Crippen molar-refractivity contribution in [3.63, 3.8) is 0 Å². The van der Waals surface area contributed by atoms with E-state index in [2.05, 4.69) is 15.0 Å². The Labute approximate surface area is 88.8 Å². The second-order valence-electron chi connectivity index (χ2n) is 2.71. The lowest BCUT2D eigenvalue weighted by Gasteiger charge is -1.99. The summed E-state index contributed by atoms with van der Waals surface area (Å²) in [5.74, 6) is -1.67. The molecule has 0 aliphatic heterocycles. The summed E-state index contributed by atoms with van der Waals surface area (Å²) in [5, 5.41) is 0.00438. The summed E-state index contributed by atoms with van der Waals surface area (Å²) in [6.45, 7) is 0. The lowest BCUT2D eigenvalue weighted by molar-refractivity contribution is 0.509. The van der Waals surface area contributed by atoms with Gasteiger partial charge in [-0.05, 0) is 29.8 Å². The van der Waals surface area contributed by atoms with Gasteiger partial charge in [-0.25, -0.2) is 18.7 Å². The molecule has 2 rings (SSSR count). The van der Waals surface area contributed by atoms with Gasteiger partial charge < -0.3 is 0 Å². The SMILES string of the molecule is Fc1ccc(-c2ncnc(Cl)n2)cc1F. The molecule has 0 fully saturated rings. The van der Waals surface area contributed by atoms with Crippen LogP contribution in [0.15, 0.2) is 24.5 Å². The lowest BCUT2D eigenvalue weighted by Crippen LogP contribution is -1.93. The van der Waals surface area contributed by atoms with Crippen molar-refractivity contribution in [2.45, 2.75) is 0 Å². The molecule has 0 spiro atoms. The molecule has 1 heterocycles. The van der Waals surface area contributed by atoms with Crippen LogP contribution in [0.4, 0.5) is 8.78 Å². The second-order valence-corrected chi connectivity index (χ2v) is 3.05. The molecule has 76 valence electrons. The van der Waals surface area contributed by atoms with E-state index in [1.807, 2.05) is 0 Å². The highest BCUT2D eigenvalue weighted by Gasteiger charge is 2.07. The zero-order valence-corrected chi connectivity index (χ0v) is 8.04. The van der Waals surface area contributed by atoms with E-state index >= 15 is 0 Å². The van der Waals surface area contributed by atoms with Crippen LogP contribution in [0.1, 0.15) is 0 Å². The third-order valence-electron chi connectivity index (χ3n) is 1.72. The van der Waals surface area contributed by atoms with Crippen molar-refractivity contribution >= 4 is 11.6 Å². The first-order valence-corrected chi connectivity index (χ1v) is 4.34. The summed E-state index contributed by atoms with van der Waals surface area (Å²) in [5.41, 5.74) is 0.346. The molecule has 0 aliphatic rings. The maximum Gasteiger partial charge on any atom is 0.225 e. The fourth-order valence-electron chi connectivity index (χ4n) is 1.05. The van der Waals surface area contributed by atoms with E-state index in [1.165, 1.54) is 12.4 Å². The Hall–Kier alpha value is -1.62. The van der Waals surface area contributed by atoms with E-state index in [4.69, 9.17) is 11.6 Å². The predicted octanol–water partition coefficient (Wildman–Crippen LogP) is 2.47. The molecule has 0 saturated heterocycles. The number of halogens is 3. The molecule has 0 atom stereocenters. The van der Waals surface area contributed by atoms with Gasteiger partial charge in [-0.3, -0.25) is 0 Å². The highest BCUT2D eigenvalue weighted by atomic mass is 35.5. The summed E-state index contributed by atoms with van der Waals surface area (Å²) >= 11 is 5.54. The van der Waals surface area contributed by atoms with Crippen LogP contribution >= 0.6 is 11.6 Å². The Morgan fingerprint density at radius 2 is 1.87 bits per heavy atom. The van der Waals surface area contributed by atoms with Gasteiger partial charge in [-0.2, -0.15) is 4.98 Å². The maximum absolute atomic E-state index is 12.9. The topological polar surface area (TPSA) is 38.7 Å². The van der Waals surface area contributed by atoms with Crippen molar-refractivity contribution in [3.8, 4) is 11.4 Å². The third kappa shape index (κ3) is 2.07. The fraction of sp³-hybridized carbons (Fsp3) is 0. The van der Waals surface area contributed by atoms with Gasteiger partial charge in [-0.1, -0.05) is 0 Å². The van der Waals surface area contributed by atoms with E-state index in [0.29, 0.717) is 5.56 Å². The minimum Gasteiger partial charge on any atom is -0.216 e. The van der Waals surface area contributed by atoms with E-state index in [1.54, 1.807) is 0 Å². The molecule has 0 bridgehead atoms. The molecule has 6 heteroatoms. The van der Waals surface area contributed by atoms with Gasteiger partial charge in [0.05, 0.1) is 0 Å². The minimum atomic E-state index is -0.955. The first-order chi connectivity index (χ1) is 7.16. The monoisotopic (exact) mass is 227 g/mol. The molecule has 0 radical (unpaired) electrons. The largest absolute Gasteiger partial charge is 0.225 e. The Balaban J connectivity index is 2.50. The number of nitrogens with zero attached hydrogens (tertiary/aromatic N) is 3. The van der Waals surface area contributed by atoms with E-state index in [9.17, 15) is 8.78 Å². The quantitative estimate of drug-likeness (QED) is 0.751. The van der Waals surface area contributed by atoms with Crippen LogP contribution in [0.3, 0.4) is 0 Å². The van der Waals surface area contributed by atoms with Crippen molar-refractivity contribution in [2.75, 3.05) is 0 Å². The van der Waals surface area contributed by atoms with E-state index in [0.717, 1.165) is 12.1 Å². The second kappa shape index (κ2) is 3.86. The lowest BCUT2D eigenvalue weighted by atomic mass is 10.2. The van der Waals surface area contributed by atoms with Crippen molar-refractivity contribution in [2.24, 2.45) is 0 Å². The average Bonchev–Trinajstić information content (AvgIpc) is 2.22. The Kier molecular flexibility index (Phi) is 2.55. The first-order valence-electron chi connectivity index (χ1n) is 3.97. The van der Waals surface area contributed by atoms with Crippen LogP contribution in [-0.4, -0.2) is 15.0 Å². The van der Waals surface area contributed by atoms with Crippen LogP contribution in [-0.2, 0) is 0 Å². The highest BCUT2D eigenvalue weighted by molar-refractivity contribution is 6.28. The minimum absolute atomic E-state index is 0.00438. The number of aromatic nitrogens is 3. The Morgan fingerprint density at radius 1 is 1.07 bits per heavy atom. The van der Waals surface area contributed by atoms with Gasteiger partial charge in [0.25, 0.3) is 0 Å². The van der Waals surface area contributed by atoms with Crippen molar-refractivity contribution in [1.82, 2.24) is 15.0 Å². The summed E-state index contributed by atoms with van der Waals surface area (Å²) in [4.78, 5) is 11.1. The molecule has 0 aliphatic carbocycles. The molecule has 1 aromatic heterocycles. The Morgan fingerprint density at radius 3 is 2.53 bits per heavy atom. The molecular weight excluding hydrogens is 224 g/mol. The van der Waals surface area contributed by atoms with Gasteiger partial charge in [0, 0.05) is 5.56 Å². The molecule has 2 aromatic rings. The molecular formula is C9H4ClF2N3. The Bertz CT molecular complexity index is 504. The smallest absolute Gasteiger partial charge is 0.216 e. The van der Waals surface area contributed by atoms with Crippen molar-refractivity contribution in [3.05, 3.63) is 41.4 Å². The molecule has 1 aromatic carbocycles. The number of benzene rings is 1. The fourth-order valence-corrected chi connectivity index (χ4v) is 1.17. The number of hydrogen-bond acceptors (Lipinski definition) is 3. The normalized spacial score (nSPS) is 10.3. The van der Waals surface area contributed by atoms with Crippen LogP contribution in [0.2, 0.25) is 5.28 Å². The molecule has 0 unspecified atom stereocenters. The summed E-state index contributed by atoms with van der Waals surface area (Å²) in [7, 11) is 0. The summed E-state index contributed by atoms with van der Waals surface area (Å²) in [6.07, 6.45) is 1.20. The van der Waals surface area contributed by atoms with E-state index in [-0.39, 0.29) is 11.1 Å². The number of rotatable bonds is 1. The van der Waals surface area contributed by atoms with Gasteiger partial charge in [0.1, 0.15) is 6.33 Å². The highest BCUT2D eigenvalue weighted by Crippen LogP contribution is 2.17. The van der Waals surface area contributed by atoms with Gasteiger partial charge >= 0.3 is 0 Å². The van der Waals surface area contributed by atoms with Crippen LogP contribution in [0, 0.1) is 11.6 Å². The summed E-state index contributed by atoms with van der Waals surface area (Å²) < 4.78 is 25.5. The molecule has 0 N–H and O–H groups in total. The predicted molar refractivity (Wildman–Crippen MR) is 50.2 cm³/mol. The molecule has 15 heavy (non-hydrogen) atoms. The standard InChI is InChI=1S/C9H4ClF2N3/c10-9-14-4-13-8(15-9)5-1-2-6(11)7(12)3-5/h1-4H. The molecule has 0 amide bonds. The van der Waals surface area contributed by atoms with Crippen LogP contribution in [0.25, 0.3) is 11.4 Å². The number of hydrogen-bond donors (Lipinski definition) is 0. The van der Waals surface area contributed by atoms with Gasteiger partial charge in [-0.15, -0.1) is 0 Å². The van der Waals surface area contributed by atoms with Crippen LogP contribution < -0.4 is 0 Å².